The van der Waals surface area contributed by atoms with Crippen molar-refractivity contribution < 1.29 is 0 Å². The number of rotatable bonds is 2. The Bertz CT molecular complexity index is 313. The maximum absolute atomic E-state index is 7.44. The maximum Gasteiger partial charge on any atom is 0.0572 e. The van der Waals surface area contributed by atoms with Crippen molar-refractivity contribution in [2.75, 3.05) is 12.4 Å². The van der Waals surface area contributed by atoms with Gasteiger partial charge in [-0.05, 0) is 18.2 Å². The molecule has 14 heavy (non-hydrogen) atoms. The Hall–Kier alpha value is -0.590. The van der Waals surface area contributed by atoms with Crippen molar-refractivity contribution in [3.8, 4) is 0 Å². The summed E-state index contributed by atoms with van der Waals surface area (Å²) in [6, 6.07) is 5.42. The lowest BCUT2D eigenvalue weighted by Crippen LogP contribution is -1.97. The average molecular weight is 231 g/mol. The quantitative estimate of drug-likeness (QED) is 0.591. The molecule has 0 fully saturated rings. The zero-order valence-electron chi connectivity index (χ0n) is 8.69. The summed E-state index contributed by atoms with van der Waals surface area (Å²) in [5.74, 6) is 0. The fourth-order valence-corrected chi connectivity index (χ4v) is 1.37. The van der Waals surface area contributed by atoms with E-state index in [1.54, 1.807) is 12.1 Å². The molecule has 0 amide bonds. The second-order valence-corrected chi connectivity index (χ2v) is 3.37. The van der Waals surface area contributed by atoms with Crippen LogP contribution in [0.25, 0.3) is 0 Å². The highest BCUT2D eigenvalue weighted by Gasteiger charge is 2.02. The predicted octanol–water partition coefficient (Wildman–Crippen LogP) is 3.61. The van der Waals surface area contributed by atoms with Crippen LogP contribution in [-0.2, 0) is 0 Å². The molecule has 0 spiro atoms. The van der Waals surface area contributed by atoms with Crippen molar-refractivity contribution in [1.29, 1.82) is 5.41 Å². The standard InChI is InChI=1S/C8H10ClN2P.C2H6/c1-11-7-3-2-5(9)4-6(7)8(10)12;1-2/h2-4,10-11H,12H2,1H3;1-2H3. The lowest BCUT2D eigenvalue weighted by Gasteiger charge is -2.07. The Morgan fingerprint density at radius 1 is 1.43 bits per heavy atom. The van der Waals surface area contributed by atoms with Crippen molar-refractivity contribution in [2.24, 2.45) is 0 Å². The number of hydrogen-bond acceptors (Lipinski definition) is 2. The number of nitrogens with one attached hydrogen (secondary N) is 2. The minimum absolute atomic E-state index is 0.432. The molecule has 2 nitrogen and oxygen atoms in total. The minimum atomic E-state index is 0.432. The van der Waals surface area contributed by atoms with Gasteiger partial charge in [-0.2, -0.15) is 0 Å². The van der Waals surface area contributed by atoms with Gasteiger partial charge < -0.3 is 10.7 Å². The minimum Gasteiger partial charge on any atom is -0.388 e. The van der Waals surface area contributed by atoms with Crippen molar-refractivity contribution in [3.05, 3.63) is 28.8 Å². The van der Waals surface area contributed by atoms with Gasteiger partial charge >= 0.3 is 0 Å². The lowest BCUT2D eigenvalue weighted by atomic mass is 10.2. The van der Waals surface area contributed by atoms with Crippen LogP contribution < -0.4 is 5.32 Å². The molecule has 0 saturated carbocycles. The Kier molecular flexibility index (Phi) is 6.52. The van der Waals surface area contributed by atoms with Gasteiger partial charge in [0.15, 0.2) is 0 Å². The molecule has 0 aromatic heterocycles. The Morgan fingerprint density at radius 2 is 2.00 bits per heavy atom. The summed E-state index contributed by atoms with van der Waals surface area (Å²) in [7, 11) is 4.16. The van der Waals surface area contributed by atoms with Crippen LogP contribution >= 0.6 is 20.8 Å². The highest BCUT2D eigenvalue weighted by molar-refractivity contribution is 7.41. The summed E-state index contributed by atoms with van der Waals surface area (Å²) in [5.41, 5.74) is 2.16. The van der Waals surface area contributed by atoms with E-state index >= 15 is 0 Å². The predicted molar refractivity (Wildman–Crippen MR) is 68.9 cm³/mol. The highest BCUT2D eigenvalue weighted by Crippen LogP contribution is 2.22. The summed E-state index contributed by atoms with van der Waals surface area (Å²) in [5, 5.41) is 11.1. The maximum atomic E-state index is 7.44. The third-order valence-electron chi connectivity index (χ3n) is 1.54. The van der Waals surface area contributed by atoms with Gasteiger partial charge in [0, 0.05) is 23.3 Å². The van der Waals surface area contributed by atoms with Gasteiger partial charge in [0.1, 0.15) is 0 Å². The van der Waals surface area contributed by atoms with E-state index in [0.717, 1.165) is 11.3 Å². The summed E-state index contributed by atoms with van der Waals surface area (Å²) < 4.78 is 0. The topological polar surface area (TPSA) is 35.9 Å². The van der Waals surface area contributed by atoms with Gasteiger partial charge in [-0.1, -0.05) is 34.7 Å². The Labute approximate surface area is 92.8 Å². The first-order chi connectivity index (χ1) is 6.65. The van der Waals surface area contributed by atoms with E-state index in [4.69, 9.17) is 17.0 Å². The van der Waals surface area contributed by atoms with Crippen LogP contribution in [0.4, 0.5) is 5.69 Å². The summed E-state index contributed by atoms with van der Waals surface area (Å²) in [6.45, 7) is 4.00. The van der Waals surface area contributed by atoms with Crippen molar-refractivity contribution in [2.45, 2.75) is 13.8 Å². The highest BCUT2D eigenvalue weighted by atomic mass is 35.5. The molecule has 0 aliphatic rings. The molecular weight excluding hydrogens is 215 g/mol. The second kappa shape index (κ2) is 6.80. The largest absolute Gasteiger partial charge is 0.388 e. The van der Waals surface area contributed by atoms with Crippen molar-refractivity contribution in [3.63, 3.8) is 0 Å². The molecule has 4 heteroatoms. The molecule has 0 bridgehead atoms. The molecule has 0 radical (unpaired) electrons. The third kappa shape index (κ3) is 3.65. The van der Waals surface area contributed by atoms with Gasteiger partial charge in [-0.25, -0.2) is 0 Å². The van der Waals surface area contributed by atoms with E-state index in [2.05, 4.69) is 14.6 Å². The molecule has 0 aliphatic heterocycles. The monoisotopic (exact) mass is 230 g/mol. The smallest absolute Gasteiger partial charge is 0.0572 e. The van der Waals surface area contributed by atoms with Gasteiger partial charge in [0.25, 0.3) is 0 Å². The van der Waals surface area contributed by atoms with E-state index < -0.39 is 0 Å². The number of anilines is 1. The molecule has 0 heterocycles. The normalized spacial score (nSPS) is 8.64. The molecule has 2 N–H and O–H groups in total. The third-order valence-corrected chi connectivity index (χ3v) is 2.09. The first-order valence-corrected chi connectivity index (χ1v) is 5.42. The number of benzene rings is 1. The molecule has 0 saturated heterocycles. The molecule has 1 unspecified atom stereocenters. The fraction of sp³-hybridized carbons (Fsp3) is 0.300. The fourth-order valence-electron chi connectivity index (χ4n) is 0.957. The Balaban J connectivity index is 0.000000791. The number of hydrogen-bond donors (Lipinski definition) is 2. The van der Waals surface area contributed by atoms with Crippen LogP contribution in [-0.4, -0.2) is 12.5 Å². The van der Waals surface area contributed by atoms with E-state index in [-0.39, 0.29) is 0 Å². The second-order valence-electron chi connectivity index (χ2n) is 2.35. The van der Waals surface area contributed by atoms with Crippen LogP contribution in [0.5, 0.6) is 0 Å². The average Bonchev–Trinajstić information content (AvgIpc) is 2.20. The van der Waals surface area contributed by atoms with Gasteiger partial charge in [0.05, 0.1) is 5.45 Å². The van der Waals surface area contributed by atoms with Crippen LogP contribution in [0.15, 0.2) is 18.2 Å². The van der Waals surface area contributed by atoms with Crippen LogP contribution in [0.1, 0.15) is 19.4 Å². The van der Waals surface area contributed by atoms with E-state index in [9.17, 15) is 0 Å². The zero-order valence-corrected chi connectivity index (χ0v) is 10.6. The molecular formula is C10H16ClN2P. The number of halogens is 1. The van der Waals surface area contributed by atoms with Gasteiger partial charge in [0.2, 0.25) is 0 Å². The molecule has 78 valence electrons. The molecule has 0 aliphatic carbocycles. The summed E-state index contributed by atoms with van der Waals surface area (Å²) in [4.78, 5) is 0. The van der Waals surface area contributed by atoms with Crippen LogP contribution in [0.3, 0.4) is 0 Å². The van der Waals surface area contributed by atoms with Gasteiger partial charge in [-0.15, -0.1) is 0 Å². The summed E-state index contributed by atoms with van der Waals surface area (Å²) in [6.07, 6.45) is 0. The molecule has 1 aromatic carbocycles. The Morgan fingerprint density at radius 3 is 2.43 bits per heavy atom. The summed E-state index contributed by atoms with van der Waals surface area (Å²) >= 11 is 5.78. The van der Waals surface area contributed by atoms with E-state index in [0.29, 0.717) is 10.5 Å². The first kappa shape index (κ1) is 13.4. The zero-order chi connectivity index (χ0) is 11.1. The first-order valence-electron chi connectivity index (χ1n) is 4.47. The van der Waals surface area contributed by atoms with E-state index in [1.165, 1.54) is 0 Å². The molecule has 1 rings (SSSR count). The lowest BCUT2D eigenvalue weighted by molar-refractivity contribution is 1.47. The molecule has 1 atom stereocenters. The van der Waals surface area contributed by atoms with E-state index in [1.807, 2.05) is 27.0 Å². The van der Waals surface area contributed by atoms with Crippen LogP contribution in [0, 0.1) is 5.41 Å². The van der Waals surface area contributed by atoms with Gasteiger partial charge in [-0.3, -0.25) is 0 Å². The SMILES string of the molecule is CC.CNc1ccc(Cl)cc1C(=N)P. The van der Waals surface area contributed by atoms with Crippen LogP contribution in [0.2, 0.25) is 5.02 Å². The van der Waals surface area contributed by atoms with Crippen molar-refractivity contribution in [1.82, 2.24) is 0 Å². The molecule has 1 aromatic rings. The van der Waals surface area contributed by atoms with Crippen molar-refractivity contribution >= 4 is 32.0 Å².